The van der Waals surface area contributed by atoms with Crippen LogP contribution in [0.15, 0.2) is 28.9 Å². The molecule has 0 spiro atoms. The molecule has 1 unspecified atom stereocenters. The Kier molecular flexibility index (Phi) is 5.13. The van der Waals surface area contributed by atoms with Crippen molar-refractivity contribution in [1.82, 2.24) is 14.8 Å². The van der Waals surface area contributed by atoms with E-state index >= 15 is 0 Å². The van der Waals surface area contributed by atoms with Crippen molar-refractivity contribution in [3.8, 4) is 17.2 Å². The second kappa shape index (κ2) is 7.71. The monoisotopic (exact) mass is 387 g/mol. The maximum Gasteiger partial charge on any atom is 0.275 e. The number of carbonyl (C=O) groups is 1. The third-order valence-electron chi connectivity index (χ3n) is 5.11. The molecule has 150 valence electrons. The van der Waals surface area contributed by atoms with Gasteiger partial charge in [0.15, 0.2) is 23.8 Å². The van der Waals surface area contributed by atoms with Crippen molar-refractivity contribution in [3.63, 3.8) is 0 Å². The first-order valence-corrected chi connectivity index (χ1v) is 9.53. The number of fused-ring (bicyclic) bond motifs is 1. The Bertz CT molecular complexity index is 850. The van der Waals surface area contributed by atoms with E-state index in [-0.39, 0.29) is 19.3 Å². The Morgan fingerprint density at radius 2 is 2.11 bits per heavy atom. The molecule has 4 rings (SSSR count). The van der Waals surface area contributed by atoms with Crippen molar-refractivity contribution in [3.05, 3.63) is 36.0 Å². The fraction of sp³-hybridized carbons (Fsp3) is 0.500. The van der Waals surface area contributed by atoms with Gasteiger partial charge in [-0.3, -0.25) is 9.69 Å². The normalized spacial score (nSPS) is 19.3. The predicted octanol–water partition coefficient (Wildman–Crippen LogP) is 2.54. The average molecular weight is 387 g/mol. The number of amides is 1. The number of aromatic nitrogens is 1. The van der Waals surface area contributed by atoms with Crippen molar-refractivity contribution in [2.24, 2.45) is 0 Å². The van der Waals surface area contributed by atoms with E-state index in [0.717, 1.165) is 6.54 Å². The van der Waals surface area contributed by atoms with Gasteiger partial charge in [0.25, 0.3) is 5.91 Å². The van der Waals surface area contributed by atoms with E-state index in [1.807, 2.05) is 4.90 Å². The maximum atomic E-state index is 12.8. The Hall–Kier alpha value is -2.74. The van der Waals surface area contributed by atoms with Crippen LogP contribution in [0.25, 0.3) is 0 Å². The zero-order valence-corrected chi connectivity index (χ0v) is 16.4. The number of rotatable bonds is 5. The van der Waals surface area contributed by atoms with Gasteiger partial charge in [-0.25, -0.2) is 4.98 Å². The van der Waals surface area contributed by atoms with E-state index in [2.05, 4.69) is 30.7 Å². The van der Waals surface area contributed by atoms with Crippen LogP contribution in [0, 0.1) is 0 Å². The summed E-state index contributed by atoms with van der Waals surface area (Å²) < 4.78 is 21.7. The quantitative estimate of drug-likeness (QED) is 0.780. The largest absolute Gasteiger partial charge is 0.484 e. The lowest BCUT2D eigenvalue weighted by Gasteiger charge is -2.41. The Labute approximate surface area is 164 Å². The van der Waals surface area contributed by atoms with Gasteiger partial charge in [0.05, 0.1) is 0 Å². The lowest BCUT2D eigenvalue weighted by atomic mass is 10.1. The van der Waals surface area contributed by atoms with Crippen LogP contribution in [0.5, 0.6) is 17.2 Å². The zero-order chi connectivity index (χ0) is 19.7. The molecule has 1 aromatic carbocycles. The summed E-state index contributed by atoms with van der Waals surface area (Å²) >= 11 is 0. The highest BCUT2D eigenvalue weighted by Gasteiger charge is 2.29. The number of carbonyl (C=O) groups excluding carboxylic acids is 1. The van der Waals surface area contributed by atoms with Crippen LogP contribution in [0.1, 0.15) is 37.2 Å². The summed E-state index contributed by atoms with van der Waals surface area (Å²) in [4.78, 5) is 21.3. The van der Waals surface area contributed by atoms with Gasteiger partial charge >= 0.3 is 0 Å². The molecule has 1 fully saturated rings. The molecule has 28 heavy (non-hydrogen) atoms. The van der Waals surface area contributed by atoms with E-state index in [1.54, 1.807) is 18.2 Å². The van der Waals surface area contributed by atoms with Gasteiger partial charge in [-0.15, -0.1) is 0 Å². The Morgan fingerprint density at radius 3 is 2.89 bits per heavy atom. The summed E-state index contributed by atoms with van der Waals surface area (Å²) in [7, 11) is 0. The van der Waals surface area contributed by atoms with Gasteiger partial charge in [-0.2, -0.15) is 0 Å². The molecular formula is C20H25N3O5. The van der Waals surface area contributed by atoms with Crippen LogP contribution >= 0.6 is 0 Å². The minimum Gasteiger partial charge on any atom is -0.484 e. The molecule has 0 aliphatic carbocycles. The van der Waals surface area contributed by atoms with Crippen molar-refractivity contribution < 1.29 is 23.4 Å². The van der Waals surface area contributed by atoms with Gasteiger partial charge < -0.3 is 23.5 Å². The fourth-order valence-corrected chi connectivity index (χ4v) is 3.67. The van der Waals surface area contributed by atoms with Crippen LogP contribution in [0.3, 0.4) is 0 Å². The summed E-state index contributed by atoms with van der Waals surface area (Å²) in [5, 5.41) is 0. The van der Waals surface area contributed by atoms with E-state index in [4.69, 9.17) is 18.6 Å². The van der Waals surface area contributed by atoms with Crippen molar-refractivity contribution in [1.29, 1.82) is 0 Å². The molecule has 8 heteroatoms. The molecule has 3 heterocycles. The number of hydrogen-bond donors (Lipinski definition) is 0. The topological polar surface area (TPSA) is 77.3 Å². The number of nitrogens with zero attached hydrogens (tertiary/aromatic N) is 3. The third-order valence-corrected chi connectivity index (χ3v) is 5.11. The first-order valence-electron chi connectivity index (χ1n) is 9.53. The summed E-state index contributed by atoms with van der Waals surface area (Å²) in [6, 6.07) is 6.13. The smallest absolute Gasteiger partial charge is 0.275 e. The summed E-state index contributed by atoms with van der Waals surface area (Å²) in [5.74, 6) is 2.22. The van der Waals surface area contributed by atoms with Gasteiger partial charge in [0.2, 0.25) is 12.7 Å². The molecular weight excluding hydrogens is 362 g/mol. The number of ether oxygens (including phenoxy) is 3. The molecule has 0 bridgehead atoms. The SMILES string of the molecule is CC(C)N1CCN(C(=O)c2coc(COc3ccc4c(c3)OCO4)n2)CC1C. The van der Waals surface area contributed by atoms with Crippen molar-refractivity contribution in [2.45, 2.75) is 39.5 Å². The standard InChI is InChI=1S/C20H25N3O5/c1-13(2)23-7-6-22(9-14(23)3)20(24)16-10-26-19(21-16)11-25-15-4-5-17-18(8-15)28-12-27-17/h4-5,8,10,13-14H,6-7,9,11-12H2,1-3H3. The van der Waals surface area contributed by atoms with Gasteiger partial charge in [-0.1, -0.05) is 0 Å². The highest BCUT2D eigenvalue weighted by atomic mass is 16.7. The summed E-state index contributed by atoms with van der Waals surface area (Å²) in [5.41, 5.74) is 0.314. The van der Waals surface area contributed by atoms with Gasteiger partial charge in [0.1, 0.15) is 12.0 Å². The first kappa shape index (κ1) is 18.6. The third kappa shape index (κ3) is 3.77. The lowest BCUT2D eigenvalue weighted by molar-refractivity contribution is 0.0421. The Morgan fingerprint density at radius 1 is 1.29 bits per heavy atom. The molecule has 1 saturated heterocycles. The maximum absolute atomic E-state index is 12.8. The molecule has 2 aromatic rings. The van der Waals surface area contributed by atoms with Crippen LogP contribution in [-0.4, -0.2) is 59.2 Å². The number of hydrogen-bond acceptors (Lipinski definition) is 7. The number of oxazole rings is 1. The van der Waals surface area contributed by atoms with E-state index < -0.39 is 0 Å². The average Bonchev–Trinajstić information content (AvgIpc) is 3.34. The highest BCUT2D eigenvalue weighted by molar-refractivity contribution is 5.92. The number of benzene rings is 1. The first-order chi connectivity index (χ1) is 13.5. The fourth-order valence-electron chi connectivity index (χ4n) is 3.67. The Balaban J connectivity index is 1.34. The molecule has 2 aliphatic rings. The summed E-state index contributed by atoms with van der Waals surface area (Å²) in [6.07, 6.45) is 1.40. The second-order valence-electron chi connectivity index (χ2n) is 7.36. The van der Waals surface area contributed by atoms with Gasteiger partial charge in [0, 0.05) is 37.8 Å². The lowest BCUT2D eigenvalue weighted by Crippen LogP contribution is -2.55. The molecule has 0 saturated carbocycles. The van der Waals surface area contributed by atoms with Crippen LogP contribution in [0.4, 0.5) is 0 Å². The van der Waals surface area contributed by atoms with E-state index in [9.17, 15) is 4.79 Å². The minimum absolute atomic E-state index is 0.103. The van der Waals surface area contributed by atoms with Gasteiger partial charge in [-0.05, 0) is 32.9 Å². The van der Waals surface area contributed by atoms with E-state index in [0.29, 0.717) is 54.0 Å². The van der Waals surface area contributed by atoms with Crippen molar-refractivity contribution in [2.75, 3.05) is 26.4 Å². The zero-order valence-electron chi connectivity index (χ0n) is 16.4. The number of piperazine rings is 1. The second-order valence-corrected chi connectivity index (χ2v) is 7.36. The predicted molar refractivity (Wildman–Crippen MR) is 101 cm³/mol. The van der Waals surface area contributed by atoms with Crippen molar-refractivity contribution >= 4 is 5.91 Å². The molecule has 1 amide bonds. The molecule has 0 N–H and O–H groups in total. The molecule has 1 aromatic heterocycles. The molecule has 8 nitrogen and oxygen atoms in total. The van der Waals surface area contributed by atoms with Crippen LogP contribution in [-0.2, 0) is 6.61 Å². The molecule has 0 radical (unpaired) electrons. The highest BCUT2D eigenvalue weighted by Crippen LogP contribution is 2.35. The summed E-state index contributed by atoms with van der Waals surface area (Å²) in [6.45, 7) is 9.09. The minimum atomic E-state index is -0.103. The van der Waals surface area contributed by atoms with E-state index in [1.165, 1.54) is 6.26 Å². The molecule has 2 aliphatic heterocycles. The van der Waals surface area contributed by atoms with Crippen LogP contribution in [0.2, 0.25) is 0 Å². The molecule has 1 atom stereocenters. The van der Waals surface area contributed by atoms with Crippen LogP contribution < -0.4 is 14.2 Å².